The molecule has 1 aromatic rings. The number of hydrogen-bond donors (Lipinski definition) is 2. The van der Waals surface area contributed by atoms with Crippen molar-refractivity contribution >= 4 is 29.3 Å². The normalized spacial score (nSPS) is 22.4. The van der Waals surface area contributed by atoms with Crippen molar-refractivity contribution in [3.63, 3.8) is 0 Å². The van der Waals surface area contributed by atoms with Crippen molar-refractivity contribution in [2.45, 2.75) is 57.5 Å². The van der Waals surface area contributed by atoms with Crippen LogP contribution in [0.25, 0.3) is 0 Å². The van der Waals surface area contributed by atoms with Crippen LogP contribution in [0.5, 0.6) is 11.5 Å². The van der Waals surface area contributed by atoms with Crippen molar-refractivity contribution in [1.82, 2.24) is 10.6 Å². The van der Waals surface area contributed by atoms with Crippen molar-refractivity contribution in [1.29, 1.82) is 0 Å². The summed E-state index contributed by atoms with van der Waals surface area (Å²) in [6.07, 6.45) is 2.54. The zero-order valence-electron chi connectivity index (χ0n) is 16.2. The van der Waals surface area contributed by atoms with Crippen LogP contribution in [0.3, 0.4) is 0 Å². The predicted octanol–water partition coefficient (Wildman–Crippen LogP) is 0.785. The third kappa shape index (κ3) is 3.64. The predicted molar refractivity (Wildman–Crippen MR) is 101 cm³/mol. The van der Waals surface area contributed by atoms with E-state index in [1.165, 1.54) is 0 Å². The van der Waals surface area contributed by atoms with Crippen molar-refractivity contribution in [2.75, 3.05) is 11.7 Å². The second kappa shape index (κ2) is 7.73. The number of aryl methyl sites for hydroxylation is 1. The number of anilines is 1. The van der Waals surface area contributed by atoms with E-state index in [1.54, 1.807) is 12.1 Å². The van der Waals surface area contributed by atoms with Gasteiger partial charge in [-0.15, -0.1) is 0 Å². The fraction of sp³-hybridized carbons (Fsp3) is 0.500. The second-order valence-electron chi connectivity index (χ2n) is 7.41. The first kappa shape index (κ1) is 19.2. The molecule has 0 spiro atoms. The number of ether oxygens (including phenoxy) is 2. The Balaban J connectivity index is 1.75. The Labute approximate surface area is 167 Å². The maximum absolute atomic E-state index is 13.3. The van der Waals surface area contributed by atoms with E-state index in [4.69, 9.17) is 9.47 Å². The van der Waals surface area contributed by atoms with Gasteiger partial charge in [-0.1, -0.05) is 13.3 Å². The molecular formula is C20H23N3O6. The summed E-state index contributed by atoms with van der Waals surface area (Å²) in [6.45, 7) is 2.07. The Morgan fingerprint density at radius 2 is 1.55 bits per heavy atom. The van der Waals surface area contributed by atoms with Crippen LogP contribution in [0.4, 0.5) is 5.69 Å². The second-order valence-corrected chi connectivity index (χ2v) is 7.41. The van der Waals surface area contributed by atoms with E-state index >= 15 is 0 Å². The summed E-state index contributed by atoms with van der Waals surface area (Å²) < 4.78 is 10.9. The fourth-order valence-electron chi connectivity index (χ4n) is 3.91. The van der Waals surface area contributed by atoms with Crippen LogP contribution in [-0.4, -0.2) is 42.5 Å². The van der Waals surface area contributed by atoms with Gasteiger partial charge in [0, 0.05) is 18.9 Å². The first-order valence-corrected chi connectivity index (χ1v) is 9.87. The molecule has 2 fully saturated rings. The molecule has 4 rings (SSSR count). The Kier molecular flexibility index (Phi) is 5.12. The molecule has 2 saturated heterocycles. The number of carbonyl (C=O) groups is 4. The summed E-state index contributed by atoms with van der Waals surface area (Å²) in [5, 5.41) is 5.27. The standard InChI is InChI=1S/C20H23N3O6/c1-2-3-11-8-15-16(29-10-28-15)9-14(11)23(19(26)12-4-6-17(24)21-12)20(27)13-5-7-18(25)22-13/h8-9,12-13H,2-7,10H2,1H3,(H,21,24)(H,22,25)/t12-,13-/m0/s1. The summed E-state index contributed by atoms with van der Waals surface area (Å²) in [6, 6.07) is 1.87. The van der Waals surface area contributed by atoms with E-state index in [2.05, 4.69) is 10.6 Å². The van der Waals surface area contributed by atoms with Gasteiger partial charge in [0.25, 0.3) is 11.8 Å². The average Bonchev–Trinajstić information content (AvgIpc) is 3.43. The third-order valence-corrected chi connectivity index (χ3v) is 5.36. The van der Waals surface area contributed by atoms with E-state index in [9.17, 15) is 19.2 Å². The highest BCUT2D eigenvalue weighted by molar-refractivity contribution is 6.20. The van der Waals surface area contributed by atoms with Crippen LogP contribution < -0.4 is 25.0 Å². The average molecular weight is 401 g/mol. The molecule has 0 saturated carbocycles. The summed E-state index contributed by atoms with van der Waals surface area (Å²) in [5.41, 5.74) is 1.18. The summed E-state index contributed by atoms with van der Waals surface area (Å²) >= 11 is 0. The molecule has 29 heavy (non-hydrogen) atoms. The number of imide groups is 1. The van der Waals surface area contributed by atoms with Gasteiger partial charge in [0.2, 0.25) is 18.6 Å². The molecular weight excluding hydrogens is 378 g/mol. The van der Waals surface area contributed by atoms with Gasteiger partial charge in [-0.05, 0) is 30.9 Å². The lowest BCUT2D eigenvalue weighted by atomic mass is 10.0. The van der Waals surface area contributed by atoms with Crippen LogP contribution in [0.1, 0.15) is 44.6 Å². The summed E-state index contributed by atoms with van der Waals surface area (Å²) in [5.74, 6) is -0.415. The Bertz CT molecular complexity index is 845. The minimum absolute atomic E-state index is 0.0730. The Morgan fingerprint density at radius 1 is 1.00 bits per heavy atom. The Hall–Kier alpha value is -3.10. The molecule has 3 heterocycles. The molecule has 0 aromatic heterocycles. The van der Waals surface area contributed by atoms with Gasteiger partial charge in [-0.2, -0.15) is 0 Å². The molecule has 4 amide bonds. The molecule has 3 aliphatic rings. The molecule has 0 unspecified atom stereocenters. The number of amides is 4. The lowest BCUT2D eigenvalue weighted by Gasteiger charge is -2.28. The van der Waals surface area contributed by atoms with Gasteiger partial charge in [0.15, 0.2) is 11.5 Å². The number of nitrogens with zero attached hydrogens (tertiary/aromatic N) is 1. The molecule has 0 radical (unpaired) electrons. The van der Waals surface area contributed by atoms with Crippen LogP contribution in [0, 0.1) is 0 Å². The zero-order chi connectivity index (χ0) is 20.5. The highest BCUT2D eigenvalue weighted by Gasteiger charge is 2.40. The fourth-order valence-corrected chi connectivity index (χ4v) is 3.91. The molecule has 9 nitrogen and oxygen atoms in total. The summed E-state index contributed by atoms with van der Waals surface area (Å²) in [7, 11) is 0. The molecule has 0 aliphatic carbocycles. The van der Waals surface area contributed by atoms with Crippen molar-refractivity contribution < 1.29 is 28.7 Å². The number of hydrogen-bond acceptors (Lipinski definition) is 6. The van der Waals surface area contributed by atoms with Crippen LogP contribution in [0.2, 0.25) is 0 Å². The highest BCUT2D eigenvalue weighted by Crippen LogP contribution is 2.40. The largest absolute Gasteiger partial charge is 0.454 e. The van der Waals surface area contributed by atoms with Gasteiger partial charge in [-0.3, -0.25) is 19.2 Å². The van der Waals surface area contributed by atoms with Crippen LogP contribution in [-0.2, 0) is 25.6 Å². The zero-order valence-corrected chi connectivity index (χ0v) is 16.2. The summed E-state index contributed by atoms with van der Waals surface area (Å²) in [4.78, 5) is 51.1. The first-order chi connectivity index (χ1) is 14.0. The molecule has 9 heteroatoms. The minimum Gasteiger partial charge on any atom is -0.454 e. The SMILES string of the molecule is CCCc1cc2c(cc1N(C(=O)[C@@H]1CCC(=O)N1)C(=O)[C@@H]1CCC(=O)N1)OCO2. The van der Waals surface area contributed by atoms with E-state index in [1.807, 2.05) is 6.92 Å². The lowest BCUT2D eigenvalue weighted by molar-refractivity contribution is -0.130. The molecule has 1 aromatic carbocycles. The number of carbonyl (C=O) groups excluding carboxylic acids is 4. The van der Waals surface area contributed by atoms with Crippen molar-refractivity contribution in [3.05, 3.63) is 17.7 Å². The molecule has 3 aliphatic heterocycles. The smallest absolute Gasteiger partial charge is 0.256 e. The van der Waals surface area contributed by atoms with Gasteiger partial charge in [0.1, 0.15) is 12.1 Å². The van der Waals surface area contributed by atoms with Crippen molar-refractivity contribution in [2.24, 2.45) is 0 Å². The third-order valence-electron chi connectivity index (χ3n) is 5.36. The number of benzene rings is 1. The monoisotopic (exact) mass is 401 g/mol. The van der Waals surface area contributed by atoms with E-state index < -0.39 is 23.9 Å². The van der Waals surface area contributed by atoms with Gasteiger partial charge in [0.05, 0.1) is 5.69 Å². The first-order valence-electron chi connectivity index (χ1n) is 9.87. The molecule has 2 N–H and O–H groups in total. The van der Waals surface area contributed by atoms with Gasteiger partial charge < -0.3 is 20.1 Å². The minimum atomic E-state index is -0.775. The van der Waals surface area contributed by atoms with Gasteiger partial charge >= 0.3 is 0 Å². The maximum atomic E-state index is 13.3. The van der Waals surface area contributed by atoms with E-state index in [-0.39, 0.29) is 31.4 Å². The molecule has 154 valence electrons. The van der Waals surface area contributed by atoms with E-state index in [0.717, 1.165) is 16.9 Å². The molecule has 0 bridgehead atoms. The van der Waals surface area contributed by atoms with Crippen molar-refractivity contribution in [3.8, 4) is 11.5 Å². The lowest BCUT2D eigenvalue weighted by Crippen LogP contribution is -2.53. The number of nitrogens with one attached hydrogen (secondary N) is 2. The van der Waals surface area contributed by atoms with Gasteiger partial charge in [-0.25, -0.2) is 4.90 Å². The Morgan fingerprint density at radius 3 is 2.03 bits per heavy atom. The van der Waals surface area contributed by atoms with Crippen LogP contribution in [0.15, 0.2) is 12.1 Å². The van der Waals surface area contributed by atoms with E-state index in [0.29, 0.717) is 36.4 Å². The number of fused-ring (bicyclic) bond motifs is 1. The topological polar surface area (TPSA) is 114 Å². The highest BCUT2D eigenvalue weighted by atomic mass is 16.7. The maximum Gasteiger partial charge on any atom is 0.256 e. The quantitative estimate of drug-likeness (QED) is 0.705. The molecule has 2 atom stereocenters. The number of rotatable bonds is 5. The van der Waals surface area contributed by atoms with Crippen LogP contribution >= 0.6 is 0 Å².